The van der Waals surface area contributed by atoms with Crippen molar-refractivity contribution in [1.82, 2.24) is 10.2 Å². The maximum absolute atomic E-state index is 12.9. The number of rotatable bonds is 4. The molecule has 0 bridgehead atoms. The molecule has 0 aliphatic carbocycles. The van der Waals surface area contributed by atoms with E-state index in [4.69, 9.17) is 0 Å². The van der Waals surface area contributed by atoms with E-state index in [1.807, 2.05) is 48.5 Å². The Hall–Kier alpha value is -1.16. The van der Waals surface area contributed by atoms with E-state index < -0.39 is 0 Å². The van der Waals surface area contributed by atoms with Gasteiger partial charge in [0, 0.05) is 20.2 Å². The fourth-order valence-corrected chi connectivity index (χ4v) is 4.21. The summed E-state index contributed by atoms with van der Waals surface area (Å²) in [6.07, 6.45) is 1.57. The predicted molar refractivity (Wildman–Crippen MR) is 114 cm³/mol. The molecule has 2 aromatic rings. The Morgan fingerprint density at radius 2 is 1.72 bits per heavy atom. The molecule has 2 amide bonds. The highest BCUT2D eigenvalue weighted by molar-refractivity contribution is 14.1. The standard InChI is InChI=1S/C19H18I2N2O2/c20-15-8-3-1-6-13(15)12-22-18(24)17-10-5-11-23(17)19(25)14-7-2-4-9-16(14)21/h1-4,6-9,17H,5,10-12H2,(H,22,24)/t17-/m0/s1. The number of likely N-dealkylation sites (tertiary alicyclic amines) is 1. The van der Waals surface area contributed by atoms with Crippen LogP contribution in [0.1, 0.15) is 28.8 Å². The highest BCUT2D eigenvalue weighted by Crippen LogP contribution is 2.23. The zero-order valence-corrected chi connectivity index (χ0v) is 17.9. The lowest BCUT2D eigenvalue weighted by Crippen LogP contribution is -2.46. The smallest absolute Gasteiger partial charge is 0.255 e. The first-order valence-electron chi connectivity index (χ1n) is 8.14. The third kappa shape index (κ3) is 4.33. The largest absolute Gasteiger partial charge is 0.350 e. The zero-order chi connectivity index (χ0) is 17.8. The summed E-state index contributed by atoms with van der Waals surface area (Å²) in [5.74, 6) is -0.131. The molecular weight excluding hydrogens is 542 g/mol. The summed E-state index contributed by atoms with van der Waals surface area (Å²) in [6.45, 7) is 1.12. The van der Waals surface area contributed by atoms with Crippen LogP contribution in [0.4, 0.5) is 0 Å². The highest BCUT2D eigenvalue weighted by atomic mass is 127. The van der Waals surface area contributed by atoms with E-state index in [1.54, 1.807) is 4.90 Å². The monoisotopic (exact) mass is 560 g/mol. The van der Waals surface area contributed by atoms with Gasteiger partial charge in [0.15, 0.2) is 0 Å². The van der Waals surface area contributed by atoms with Crippen LogP contribution in [0.5, 0.6) is 0 Å². The van der Waals surface area contributed by atoms with Gasteiger partial charge in [0.25, 0.3) is 5.91 Å². The van der Waals surface area contributed by atoms with Crippen molar-refractivity contribution in [3.8, 4) is 0 Å². The molecule has 0 unspecified atom stereocenters. The van der Waals surface area contributed by atoms with Crippen molar-refractivity contribution in [1.29, 1.82) is 0 Å². The molecule has 0 radical (unpaired) electrons. The van der Waals surface area contributed by atoms with E-state index in [-0.39, 0.29) is 17.9 Å². The summed E-state index contributed by atoms with van der Waals surface area (Å²) >= 11 is 4.43. The fraction of sp³-hybridized carbons (Fsp3) is 0.263. The second-order valence-electron chi connectivity index (χ2n) is 5.95. The maximum Gasteiger partial charge on any atom is 0.255 e. The molecule has 1 atom stereocenters. The fourth-order valence-electron chi connectivity index (χ4n) is 3.01. The molecule has 0 aromatic heterocycles. The summed E-state index contributed by atoms with van der Waals surface area (Å²) in [5.41, 5.74) is 1.75. The number of carbonyl (C=O) groups excluding carboxylic acids is 2. The molecule has 1 heterocycles. The quantitative estimate of drug-likeness (QED) is 0.579. The molecule has 130 valence electrons. The number of halogens is 2. The number of nitrogens with one attached hydrogen (secondary N) is 1. The molecule has 0 saturated carbocycles. The summed E-state index contributed by atoms with van der Waals surface area (Å²) < 4.78 is 2.04. The molecule has 0 spiro atoms. The Morgan fingerprint density at radius 3 is 2.44 bits per heavy atom. The van der Waals surface area contributed by atoms with Crippen molar-refractivity contribution in [3.05, 3.63) is 66.8 Å². The first-order chi connectivity index (χ1) is 12.1. The Morgan fingerprint density at radius 1 is 1.04 bits per heavy atom. The topological polar surface area (TPSA) is 49.4 Å². The molecule has 1 fully saturated rings. The number of hydrogen-bond acceptors (Lipinski definition) is 2. The van der Waals surface area contributed by atoms with Crippen LogP contribution in [0.3, 0.4) is 0 Å². The van der Waals surface area contributed by atoms with Crippen molar-refractivity contribution >= 4 is 57.0 Å². The van der Waals surface area contributed by atoms with Gasteiger partial charge in [-0.15, -0.1) is 0 Å². The summed E-state index contributed by atoms with van der Waals surface area (Å²) in [5, 5.41) is 2.99. The van der Waals surface area contributed by atoms with Gasteiger partial charge in [-0.05, 0) is 81.8 Å². The number of amides is 2. The van der Waals surface area contributed by atoms with Crippen LogP contribution in [0, 0.1) is 7.14 Å². The van der Waals surface area contributed by atoms with Crippen LogP contribution in [0.15, 0.2) is 48.5 Å². The minimum atomic E-state index is -0.384. The lowest BCUT2D eigenvalue weighted by molar-refractivity contribution is -0.125. The molecule has 6 heteroatoms. The predicted octanol–water partition coefficient (Wildman–Crippen LogP) is 3.82. The van der Waals surface area contributed by atoms with Crippen LogP contribution in [-0.4, -0.2) is 29.3 Å². The van der Waals surface area contributed by atoms with E-state index in [1.165, 1.54) is 0 Å². The number of carbonyl (C=O) groups is 2. The third-order valence-electron chi connectivity index (χ3n) is 4.33. The summed E-state index contributed by atoms with van der Waals surface area (Å²) in [7, 11) is 0. The van der Waals surface area contributed by atoms with E-state index in [0.29, 0.717) is 25.1 Å². The molecule has 4 nitrogen and oxygen atoms in total. The van der Waals surface area contributed by atoms with Gasteiger partial charge >= 0.3 is 0 Å². The Labute approximate surface area is 174 Å². The van der Waals surface area contributed by atoms with Crippen molar-refractivity contribution in [2.45, 2.75) is 25.4 Å². The van der Waals surface area contributed by atoms with E-state index >= 15 is 0 Å². The second kappa shape index (κ2) is 8.48. The third-order valence-corrected chi connectivity index (χ3v) is 6.32. The minimum Gasteiger partial charge on any atom is -0.350 e. The van der Waals surface area contributed by atoms with Crippen molar-refractivity contribution in [2.75, 3.05) is 6.54 Å². The Balaban J connectivity index is 1.69. The molecule has 1 aliphatic rings. The molecule has 2 aromatic carbocycles. The molecule has 3 rings (SSSR count). The Bertz CT molecular complexity index is 794. The number of nitrogens with zero attached hydrogens (tertiary/aromatic N) is 1. The first kappa shape index (κ1) is 18.6. The van der Waals surface area contributed by atoms with Gasteiger partial charge in [0.05, 0.1) is 5.56 Å². The first-order valence-corrected chi connectivity index (χ1v) is 10.3. The van der Waals surface area contributed by atoms with E-state index in [9.17, 15) is 9.59 Å². The summed E-state index contributed by atoms with van der Waals surface area (Å²) in [6, 6.07) is 15.1. The van der Waals surface area contributed by atoms with Gasteiger partial charge in [-0.2, -0.15) is 0 Å². The van der Waals surface area contributed by atoms with Crippen LogP contribution < -0.4 is 5.32 Å². The molecular formula is C19H18I2N2O2. The second-order valence-corrected chi connectivity index (χ2v) is 8.27. The van der Waals surface area contributed by atoms with Crippen molar-refractivity contribution in [3.63, 3.8) is 0 Å². The number of benzene rings is 2. The normalized spacial score (nSPS) is 16.7. The van der Waals surface area contributed by atoms with E-state index in [2.05, 4.69) is 50.5 Å². The van der Waals surface area contributed by atoms with Crippen molar-refractivity contribution < 1.29 is 9.59 Å². The van der Waals surface area contributed by atoms with E-state index in [0.717, 1.165) is 19.1 Å². The lowest BCUT2D eigenvalue weighted by atomic mass is 10.1. The van der Waals surface area contributed by atoms with Gasteiger partial charge in [-0.3, -0.25) is 9.59 Å². The van der Waals surface area contributed by atoms with Gasteiger partial charge < -0.3 is 10.2 Å². The SMILES string of the molecule is O=C(NCc1ccccc1I)[C@@H]1CCCN1C(=O)c1ccccc1I. The highest BCUT2D eigenvalue weighted by Gasteiger charge is 2.34. The molecule has 1 N–H and O–H groups in total. The zero-order valence-electron chi connectivity index (χ0n) is 13.5. The van der Waals surface area contributed by atoms with Gasteiger partial charge in [-0.1, -0.05) is 30.3 Å². The summed E-state index contributed by atoms with van der Waals surface area (Å²) in [4.78, 5) is 27.2. The molecule has 1 saturated heterocycles. The van der Waals surface area contributed by atoms with Crippen LogP contribution in [0.25, 0.3) is 0 Å². The lowest BCUT2D eigenvalue weighted by Gasteiger charge is -2.24. The molecule has 1 aliphatic heterocycles. The van der Waals surface area contributed by atoms with Crippen LogP contribution in [-0.2, 0) is 11.3 Å². The Kier molecular flexibility index (Phi) is 6.32. The minimum absolute atomic E-state index is 0.0584. The molecule has 25 heavy (non-hydrogen) atoms. The van der Waals surface area contributed by atoms with Gasteiger partial charge in [0.2, 0.25) is 5.91 Å². The van der Waals surface area contributed by atoms with Gasteiger partial charge in [-0.25, -0.2) is 0 Å². The number of hydrogen-bond donors (Lipinski definition) is 1. The van der Waals surface area contributed by atoms with Gasteiger partial charge in [0.1, 0.15) is 6.04 Å². The maximum atomic E-state index is 12.9. The van der Waals surface area contributed by atoms with Crippen LogP contribution in [0.2, 0.25) is 0 Å². The average molecular weight is 560 g/mol. The average Bonchev–Trinajstić information content (AvgIpc) is 3.10. The van der Waals surface area contributed by atoms with Crippen molar-refractivity contribution in [2.24, 2.45) is 0 Å². The van der Waals surface area contributed by atoms with Crippen LogP contribution >= 0.6 is 45.2 Å².